The van der Waals surface area contributed by atoms with E-state index in [9.17, 15) is 4.79 Å². The Balaban J connectivity index is 2.84. The minimum absolute atomic E-state index is 0.0133. The van der Waals surface area contributed by atoms with Gasteiger partial charge in [0.15, 0.2) is 0 Å². The van der Waals surface area contributed by atoms with Crippen molar-refractivity contribution >= 4 is 44.4 Å². The third-order valence-electron chi connectivity index (χ3n) is 2.45. The van der Waals surface area contributed by atoms with Gasteiger partial charge in [0.05, 0.1) is 5.56 Å². The van der Waals surface area contributed by atoms with Crippen LogP contribution in [0, 0.1) is 10.5 Å². The second kappa shape index (κ2) is 6.59. The first kappa shape index (κ1) is 14.0. The summed E-state index contributed by atoms with van der Waals surface area (Å²) in [4.78, 5) is 12.0. The molecule has 0 aliphatic rings. The fourth-order valence-electron chi connectivity index (χ4n) is 1.34. The van der Waals surface area contributed by atoms with E-state index in [4.69, 9.17) is 0 Å². The molecule has 1 N–H and O–H groups in total. The van der Waals surface area contributed by atoms with E-state index in [1.54, 1.807) is 0 Å². The zero-order valence-electron chi connectivity index (χ0n) is 9.39. The van der Waals surface area contributed by atoms with Crippen LogP contribution in [0.5, 0.6) is 0 Å². The van der Waals surface area contributed by atoms with Crippen molar-refractivity contribution in [3.63, 3.8) is 0 Å². The Hall–Kier alpha value is -0.100. The van der Waals surface area contributed by atoms with E-state index < -0.39 is 0 Å². The zero-order valence-corrected chi connectivity index (χ0v) is 13.1. The van der Waals surface area contributed by atoms with Gasteiger partial charge in [-0.25, -0.2) is 0 Å². The second-order valence-electron chi connectivity index (χ2n) is 3.67. The monoisotopic (exact) mass is 395 g/mol. The van der Waals surface area contributed by atoms with Crippen LogP contribution in [0.25, 0.3) is 0 Å². The molecular formula is C12H15BrINO. The minimum Gasteiger partial charge on any atom is -0.348 e. The topological polar surface area (TPSA) is 29.1 Å². The molecule has 0 heterocycles. The summed E-state index contributed by atoms with van der Waals surface area (Å²) < 4.78 is 1.03. The van der Waals surface area contributed by atoms with E-state index in [1.165, 1.54) is 0 Å². The van der Waals surface area contributed by atoms with Crippen LogP contribution >= 0.6 is 38.5 Å². The molecule has 1 aromatic rings. The molecule has 4 heteroatoms. The van der Waals surface area contributed by atoms with Crippen LogP contribution in [0.3, 0.4) is 0 Å². The summed E-state index contributed by atoms with van der Waals surface area (Å²) >= 11 is 5.61. The van der Waals surface area contributed by atoms with Gasteiger partial charge in [-0.15, -0.1) is 0 Å². The summed E-state index contributed by atoms with van der Waals surface area (Å²) in [6, 6.07) is 6.00. The van der Waals surface area contributed by atoms with Crippen molar-refractivity contribution in [2.24, 2.45) is 0 Å². The highest BCUT2D eigenvalue weighted by atomic mass is 127. The van der Waals surface area contributed by atoms with E-state index in [0.29, 0.717) is 0 Å². The summed E-state index contributed by atoms with van der Waals surface area (Å²) in [7, 11) is 0. The van der Waals surface area contributed by atoms with Crippen molar-refractivity contribution in [2.45, 2.75) is 26.3 Å². The van der Waals surface area contributed by atoms with Crippen molar-refractivity contribution in [3.05, 3.63) is 32.9 Å². The second-order valence-corrected chi connectivity index (χ2v) is 5.40. The molecule has 0 fully saturated rings. The first-order valence-electron chi connectivity index (χ1n) is 5.22. The lowest BCUT2D eigenvalue weighted by Gasteiger charge is -2.15. The highest BCUT2D eigenvalue weighted by molar-refractivity contribution is 14.1. The molecular weight excluding hydrogens is 381 g/mol. The van der Waals surface area contributed by atoms with Crippen LogP contribution in [0.2, 0.25) is 0 Å². The molecule has 0 radical (unpaired) electrons. The average molecular weight is 396 g/mol. The Labute approximate surface area is 118 Å². The normalized spacial score (nSPS) is 12.2. The fraction of sp³-hybridized carbons (Fsp3) is 0.417. The smallest absolute Gasteiger partial charge is 0.252 e. The predicted molar refractivity (Wildman–Crippen MR) is 79.2 cm³/mol. The van der Waals surface area contributed by atoms with Crippen molar-refractivity contribution in [1.82, 2.24) is 5.32 Å². The maximum absolute atomic E-state index is 12.0. The summed E-state index contributed by atoms with van der Waals surface area (Å²) in [6.07, 6.45) is 0.930. The first-order valence-corrected chi connectivity index (χ1v) is 7.42. The Morgan fingerprint density at radius 2 is 2.25 bits per heavy atom. The molecule has 0 aliphatic heterocycles. The number of hydrogen-bond donors (Lipinski definition) is 1. The lowest BCUT2D eigenvalue weighted by Crippen LogP contribution is -2.35. The Kier molecular flexibility index (Phi) is 5.75. The van der Waals surface area contributed by atoms with Crippen LogP contribution in [-0.2, 0) is 0 Å². The van der Waals surface area contributed by atoms with Crippen molar-refractivity contribution in [1.29, 1.82) is 0 Å². The first-order chi connectivity index (χ1) is 7.60. The van der Waals surface area contributed by atoms with Crippen LogP contribution in [0.15, 0.2) is 18.2 Å². The zero-order chi connectivity index (χ0) is 12.1. The molecule has 0 aromatic heterocycles. The quantitative estimate of drug-likeness (QED) is 0.613. The van der Waals surface area contributed by atoms with Gasteiger partial charge in [0, 0.05) is 14.9 Å². The van der Waals surface area contributed by atoms with E-state index in [-0.39, 0.29) is 11.9 Å². The van der Waals surface area contributed by atoms with Gasteiger partial charge in [-0.3, -0.25) is 4.79 Å². The molecule has 0 bridgehead atoms. The van der Waals surface area contributed by atoms with E-state index in [1.807, 2.05) is 25.1 Å². The van der Waals surface area contributed by atoms with Crippen LogP contribution in [0.4, 0.5) is 0 Å². The van der Waals surface area contributed by atoms with Gasteiger partial charge < -0.3 is 5.32 Å². The maximum atomic E-state index is 12.0. The number of amides is 1. The van der Waals surface area contributed by atoms with Gasteiger partial charge in [-0.2, -0.15) is 0 Å². The van der Waals surface area contributed by atoms with E-state index >= 15 is 0 Å². The molecule has 0 spiro atoms. The third-order valence-corrected chi connectivity index (χ3v) is 4.66. The molecule has 1 rings (SSSR count). The molecule has 16 heavy (non-hydrogen) atoms. The van der Waals surface area contributed by atoms with Gasteiger partial charge in [-0.1, -0.05) is 35.0 Å². The van der Waals surface area contributed by atoms with Gasteiger partial charge in [0.2, 0.25) is 0 Å². The summed E-state index contributed by atoms with van der Waals surface area (Å²) in [5.74, 6) is 0.0133. The highest BCUT2D eigenvalue weighted by Gasteiger charge is 2.14. The van der Waals surface area contributed by atoms with Crippen molar-refractivity contribution < 1.29 is 4.79 Å². The number of carbonyl (C=O) groups is 1. The average Bonchev–Trinajstić information content (AvgIpc) is 2.29. The summed E-state index contributed by atoms with van der Waals surface area (Å²) in [5.41, 5.74) is 1.90. The lowest BCUT2D eigenvalue weighted by atomic mass is 10.1. The molecule has 0 saturated heterocycles. The summed E-state index contributed by atoms with van der Waals surface area (Å²) in [6.45, 7) is 4.08. The van der Waals surface area contributed by atoms with Gasteiger partial charge in [0.25, 0.3) is 5.91 Å². The molecule has 2 nitrogen and oxygen atoms in total. The van der Waals surface area contributed by atoms with Crippen molar-refractivity contribution in [3.8, 4) is 0 Å². The number of nitrogens with one attached hydrogen (secondary N) is 1. The predicted octanol–water partition coefficient (Wildman–Crippen LogP) is 3.50. The number of benzene rings is 1. The fourth-order valence-corrected chi connectivity index (χ4v) is 2.56. The molecule has 0 saturated carbocycles. The number of hydrogen-bond acceptors (Lipinski definition) is 1. The number of rotatable bonds is 4. The lowest BCUT2D eigenvalue weighted by molar-refractivity contribution is 0.0939. The summed E-state index contributed by atoms with van der Waals surface area (Å²) in [5, 5.41) is 3.80. The van der Waals surface area contributed by atoms with Crippen molar-refractivity contribution in [2.75, 3.05) is 5.33 Å². The molecule has 1 amide bonds. The minimum atomic E-state index is 0.0133. The molecule has 1 aromatic carbocycles. The Morgan fingerprint density at radius 1 is 1.56 bits per heavy atom. The van der Waals surface area contributed by atoms with Gasteiger partial charge >= 0.3 is 0 Å². The SMILES string of the molecule is CCC(CBr)NC(=O)c1cccc(C)c1I. The Bertz CT molecular complexity index is 377. The van der Waals surface area contributed by atoms with Gasteiger partial charge in [0.1, 0.15) is 0 Å². The molecule has 1 atom stereocenters. The molecule has 88 valence electrons. The van der Waals surface area contributed by atoms with Crippen LogP contribution < -0.4 is 5.32 Å². The largest absolute Gasteiger partial charge is 0.348 e. The standard InChI is InChI=1S/C12H15BrINO/c1-3-9(7-13)15-12(16)10-6-4-5-8(2)11(10)14/h4-6,9H,3,7H2,1-2H3,(H,15,16). The van der Waals surface area contributed by atoms with Crippen LogP contribution in [0.1, 0.15) is 29.3 Å². The van der Waals surface area contributed by atoms with E-state index in [0.717, 1.165) is 26.4 Å². The number of halogens is 2. The number of aryl methyl sites for hydroxylation is 1. The number of alkyl halides is 1. The number of carbonyl (C=O) groups excluding carboxylic acids is 1. The van der Waals surface area contributed by atoms with Crippen LogP contribution in [-0.4, -0.2) is 17.3 Å². The Morgan fingerprint density at radius 3 is 2.81 bits per heavy atom. The molecule has 0 aliphatic carbocycles. The van der Waals surface area contributed by atoms with E-state index in [2.05, 4.69) is 50.8 Å². The van der Waals surface area contributed by atoms with Gasteiger partial charge in [-0.05, 0) is 47.6 Å². The molecule has 1 unspecified atom stereocenters. The highest BCUT2D eigenvalue weighted by Crippen LogP contribution is 2.16. The maximum Gasteiger partial charge on any atom is 0.252 e. The third kappa shape index (κ3) is 3.45.